The van der Waals surface area contributed by atoms with E-state index in [0.29, 0.717) is 27.6 Å². The smallest absolute Gasteiger partial charge is 0.459 e. The predicted molar refractivity (Wildman–Crippen MR) is 122 cm³/mol. The molecule has 0 radical (unpaired) electrons. The van der Waals surface area contributed by atoms with Gasteiger partial charge in [-0.25, -0.2) is 4.79 Å². The van der Waals surface area contributed by atoms with E-state index in [-0.39, 0.29) is 22.8 Å². The van der Waals surface area contributed by atoms with Gasteiger partial charge in [0.15, 0.2) is 11.3 Å². The summed E-state index contributed by atoms with van der Waals surface area (Å²) in [6.07, 6.45) is 0. The standard InChI is InChI=1S/C25H24O5P/c1-15-14-16(2)24(17(3)21(15)23(26)18-10-7-6-8-11-18)31(28)25(27)22-19(29-4)12-9-13-20(22)30-5/h6-14H,1-5H3/q+1. The molecule has 3 aromatic carbocycles. The lowest BCUT2D eigenvalue weighted by atomic mass is 9.93. The fourth-order valence-corrected chi connectivity index (χ4v) is 5.26. The van der Waals surface area contributed by atoms with Crippen molar-refractivity contribution in [1.82, 2.24) is 0 Å². The Morgan fingerprint density at radius 3 is 1.90 bits per heavy atom. The molecule has 158 valence electrons. The fourth-order valence-electron chi connectivity index (χ4n) is 3.84. The monoisotopic (exact) mass is 435 g/mol. The number of carbonyl (C=O) groups excluding carboxylic acids is 2. The molecular weight excluding hydrogens is 411 g/mol. The van der Waals surface area contributed by atoms with Crippen LogP contribution in [0.15, 0.2) is 54.6 Å². The Balaban J connectivity index is 2.15. The van der Waals surface area contributed by atoms with Crippen LogP contribution in [0.1, 0.15) is 43.0 Å². The molecule has 6 heteroatoms. The maximum atomic E-state index is 13.5. The molecule has 0 heterocycles. The van der Waals surface area contributed by atoms with Gasteiger partial charge in [-0.3, -0.25) is 4.79 Å². The van der Waals surface area contributed by atoms with Gasteiger partial charge in [-0.2, -0.15) is 0 Å². The summed E-state index contributed by atoms with van der Waals surface area (Å²) in [4.78, 5) is 26.5. The Bertz CT molecular complexity index is 1160. The lowest BCUT2D eigenvalue weighted by Gasteiger charge is -2.12. The van der Waals surface area contributed by atoms with E-state index < -0.39 is 13.3 Å². The number of carbonyl (C=O) groups is 2. The van der Waals surface area contributed by atoms with E-state index >= 15 is 0 Å². The highest BCUT2D eigenvalue weighted by Crippen LogP contribution is 2.39. The largest absolute Gasteiger partial charge is 0.496 e. The van der Waals surface area contributed by atoms with E-state index in [0.717, 1.165) is 5.56 Å². The number of aryl methyl sites for hydroxylation is 2. The number of methoxy groups -OCH3 is 2. The number of ketones is 1. The van der Waals surface area contributed by atoms with Gasteiger partial charge < -0.3 is 9.47 Å². The number of benzene rings is 3. The lowest BCUT2D eigenvalue weighted by Crippen LogP contribution is -2.18. The van der Waals surface area contributed by atoms with Gasteiger partial charge in [0, 0.05) is 22.3 Å². The zero-order valence-corrected chi connectivity index (χ0v) is 19.1. The zero-order valence-electron chi connectivity index (χ0n) is 18.2. The van der Waals surface area contributed by atoms with E-state index in [9.17, 15) is 14.2 Å². The summed E-state index contributed by atoms with van der Waals surface area (Å²) in [6, 6.07) is 15.7. The molecular formula is C25H24O5P+. The molecule has 31 heavy (non-hydrogen) atoms. The molecule has 0 fully saturated rings. The minimum atomic E-state index is -2.52. The summed E-state index contributed by atoms with van der Waals surface area (Å²) in [7, 11) is 0.362. The first-order chi connectivity index (χ1) is 14.8. The van der Waals surface area contributed by atoms with E-state index in [4.69, 9.17) is 9.47 Å². The van der Waals surface area contributed by atoms with Gasteiger partial charge in [-0.15, -0.1) is 0 Å². The van der Waals surface area contributed by atoms with Crippen molar-refractivity contribution in [3.05, 3.63) is 88.0 Å². The van der Waals surface area contributed by atoms with Crippen LogP contribution in [0, 0.1) is 20.8 Å². The molecule has 0 saturated carbocycles. The van der Waals surface area contributed by atoms with Crippen molar-refractivity contribution in [1.29, 1.82) is 0 Å². The van der Waals surface area contributed by atoms with Crippen LogP contribution in [0.3, 0.4) is 0 Å². The molecule has 1 atom stereocenters. The van der Waals surface area contributed by atoms with Gasteiger partial charge in [0.1, 0.15) is 11.5 Å². The molecule has 0 aromatic heterocycles. The van der Waals surface area contributed by atoms with Crippen LogP contribution in [0.2, 0.25) is 0 Å². The molecule has 0 aliphatic carbocycles. The average molecular weight is 435 g/mol. The van der Waals surface area contributed by atoms with Gasteiger partial charge in [0.2, 0.25) is 5.30 Å². The van der Waals surface area contributed by atoms with Crippen LogP contribution >= 0.6 is 7.80 Å². The quantitative estimate of drug-likeness (QED) is 0.379. The van der Waals surface area contributed by atoms with Crippen LogP contribution in [0.25, 0.3) is 0 Å². The molecule has 5 nitrogen and oxygen atoms in total. The molecule has 0 spiro atoms. The molecule has 3 rings (SSSR count). The number of rotatable bonds is 7. The van der Waals surface area contributed by atoms with Gasteiger partial charge in [-0.05, 0) is 38.5 Å². The summed E-state index contributed by atoms with van der Waals surface area (Å²) in [6.45, 7) is 5.38. The fraction of sp³-hybridized carbons (Fsp3) is 0.200. The lowest BCUT2D eigenvalue weighted by molar-refractivity contribution is 0.103. The maximum Gasteiger partial charge on any atom is 0.459 e. The van der Waals surface area contributed by atoms with Crippen LogP contribution in [0.4, 0.5) is 0 Å². The van der Waals surface area contributed by atoms with Crippen LogP contribution in [0.5, 0.6) is 11.5 Å². The highest BCUT2D eigenvalue weighted by Gasteiger charge is 2.41. The van der Waals surface area contributed by atoms with Gasteiger partial charge in [0.25, 0.3) is 0 Å². The summed E-state index contributed by atoms with van der Waals surface area (Å²) < 4.78 is 24.1. The van der Waals surface area contributed by atoms with Crippen LogP contribution < -0.4 is 14.8 Å². The third-order valence-electron chi connectivity index (χ3n) is 5.22. The summed E-state index contributed by atoms with van der Waals surface area (Å²) in [5, 5.41) is 0.373. The van der Waals surface area contributed by atoms with Crippen molar-refractivity contribution >= 4 is 24.4 Å². The first-order valence-corrected chi connectivity index (χ1v) is 11.0. The molecule has 1 unspecified atom stereocenters. The Morgan fingerprint density at radius 1 is 0.774 bits per heavy atom. The Kier molecular flexibility index (Phi) is 6.67. The van der Waals surface area contributed by atoms with Crippen LogP contribution in [-0.4, -0.2) is 25.5 Å². The molecule has 0 saturated heterocycles. The van der Waals surface area contributed by atoms with Crippen molar-refractivity contribution in [2.24, 2.45) is 0 Å². The first kappa shape index (κ1) is 22.4. The zero-order chi connectivity index (χ0) is 22.7. The van der Waals surface area contributed by atoms with Gasteiger partial charge >= 0.3 is 13.3 Å². The Morgan fingerprint density at radius 2 is 1.35 bits per heavy atom. The van der Waals surface area contributed by atoms with E-state index in [2.05, 4.69) is 0 Å². The van der Waals surface area contributed by atoms with E-state index in [1.165, 1.54) is 14.2 Å². The minimum absolute atomic E-state index is 0.129. The number of ether oxygens (including phenoxy) is 2. The topological polar surface area (TPSA) is 69.7 Å². The van der Waals surface area contributed by atoms with Crippen molar-refractivity contribution in [2.45, 2.75) is 20.8 Å². The Hall–Kier alpha value is -3.30. The Labute approximate surface area is 182 Å². The molecule has 0 N–H and O–H groups in total. The average Bonchev–Trinajstić information content (AvgIpc) is 2.77. The summed E-state index contributed by atoms with van der Waals surface area (Å²) >= 11 is 0. The van der Waals surface area contributed by atoms with Crippen molar-refractivity contribution in [3.8, 4) is 11.5 Å². The third kappa shape index (κ3) is 4.14. The predicted octanol–water partition coefficient (Wildman–Crippen LogP) is 5.15. The second-order valence-corrected chi connectivity index (χ2v) is 8.63. The molecule has 3 aromatic rings. The SMILES string of the molecule is COc1cccc(OC)c1C(=O)[P+](=O)c1c(C)cc(C)c(C(=O)c2ccccc2)c1C. The molecule has 0 aliphatic heterocycles. The second-order valence-electron chi connectivity index (χ2n) is 7.19. The minimum Gasteiger partial charge on any atom is -0.496 e. The van der Waals surface area contributed by atoms with Crippen molar-refractivity contribution < 1.29 is 23.6 Å². The molecule has 0 aliphatic rings. The van der Waals surface area contributed by atoms with Crippen molar-refractivity contribution in [2.75, 3.05) is 14.2 Å². The highest BCUT2D eigenvalue weighted by molar-refractivity contribution is 7.71. The van der Waals surface area contributed by atoms with Crippen molar-refractivity contribution in [3.63, 3.8) is 0 Å². The molecule has 0 amide bonds. The van der Waals surface area contributed by atoms with Gasteiger partial charge in [0.05, 0.1) is 14.2 Å². The summed E-state index contributed by atoms with van der Waals surface area (Å²) in [5.41, 5.74) is 2.56. The highest BCUT2D eigenvalue weighted by atomic mass is 31.1. The number of hydrogen-bond acceptors (Lipinski definition) is 5. The molecule has 0 bridgehead atoms. The van der Waals surface area contributed by atoms with Gasteiger partial charge in [-0.1, -0.05) is 47.0 Å². The summed E-state index contributed by atoms with van der Waals surface area (Å²) in [5.74, 6) is 0.411. The normalized spacial score (nSPS) is 11.1. The second kappa shape index (κ2) is 9.23. The van der Waals surface area contributed by atoms with E-state index in [1.54, 1.807) is 62.4 Å². The number of hydrogen-bond donors (Lipinski definition) is 0. The first-order valence-electron chi connectivity index (χ1n) is 9.74. The van der Waals surface area contributed by atoms with E-state index in [1.807, 2.05) is 13.0 Å². The third-order valence-corrected chi connectivity index (χ3v) is 6.91. The maximum absolute atomic E-state index is 13.5. The van der Waals surface area contributed by atoms with Crippen LogP contribution in [-0.2, 0) is 4.57 Å².